The van der Waals surface area contributed by atoms with Crippen molar-refractivity contribution >= 4 is 0 Å². The van der Waals surface area contributed by atoms with E-state index in [2.05, 4.69) is 5.10 Å². The van der Waals surface area contributed by atoms with Crippen molar-refractivity contribution in [3.8, 4) is 5.69 Å². The first-order chi connectivity index (χ1) is 8.15. The van der Waals surface area contributed by atoms with Crippen LogP contribution in [0.4, 0.5) is 4.39 Å². The number of aliphatic hydroxyl groups excluding tert-OH is 1. The summed E-state index contributed by atoms with van der Waals surface area (Å²) in [5.74, 6) is -0.298. The van der Waals surface area contributed by atoms with E-state index in [4.69, 9.17) is 5.11 Å². The Morgan fingerprint density at radius 2 is 2.00 bits per heavy atom. The highest BCUT2D eigenvalue weighted by Crippen LogP contribution is 2.20. The molecule has 3 nitrogen and oxygen atoms in total. The summed E-state index contributed by atoms with van der Waals surface area (Å²) in [5, 5.41) is 13.3. The molecule has 4 heteroatoms. The number of hydrogen-bond acceptors (Lipinski definition) is 2. The number of halogens is 1. The van der Waals surface area contributed by atoms with E-state index in [1.807, 2.05) is 13.8 Å². The van der Waals surface area contributed by atoms with Crippen LogP contribution in [0.1, 0.15) is 17.0 Å². The second kappa shape index (κ2) is 4.67. The third kappa shape index (κ3) is 2.08. The number of para-hydroxylation sites is 1. The SMILES string of the molecule is Cc1nn(-c2ccccc2F)c(C)c1CCO. The van der Waals surface area contributed by atoms with Crippen LogP contribution < -0.4 is 0 Å². The fraction of sp³-hybridized carbons (Fsp3) is 0.308. The molecule has 0 aliphatic rings. The average Bonchev–Trinajstić information content (AvgIpc) is 2.58. The lowest BCUT2D eigenvalue weighted by Crippen LogP contribution is -2.02. The standard InChI is InChI=1S/C13H15FN2O/c1-9-11(7-8-17)10(2)16(15-9)13-6-4-3-5-12(13)14/h3-6,17H,7-8H2,1-2H3. The highest BCUT2D eigenvalue weighted by molar-refractivity contribution is 5.38. The highest BCUT2D eigenvalue weighted by atomic mass is 19.1. The number of aromatic nitrogens is 2. The fourth-order valence-corrected chi connectivity index (χ4v) is 2.01. The normalized spacial score (nSPS) is 10.8. The number of rotatable bonds is 3. The average molecular weight is 234 g/mol. The molecule has 0 saturated heterocycles. The van der Waals surface area contributed by atoms with E-state index >= 15 is 0 Å². The number of hydrogen-bond donors (Lipinski definition) is 1. The van der Waals surface area contributed by atoms with Gasteiger partial charge in [-0.15, -0.1) is 0 Å². The minimum atomic E-state index is -0.298. The van der Waals surface area contributed by atoms with Gasteiger partial charge < -0.3 is 5.11 Å². The molecule has 1 aromatic carbocycles. The lowest BCUT2D eigenvalue weighted by atomic mass is 10.1. The third-order valence-corrected chi connectivity index (χ3v) is 2.88. The zero-order valence-electron chi connectivity index (χ0n) is 9.94. The molecule has 1 N–H and O–H groups in total. The van der Waals surface area contributed by atoms with E-state index in [-0.39, 0.29) is 12.4 Å². The second-order valence-electron chi connectivity index (χ2n) is 3.99. The van der Waals surface area contributed by atoms with E-state index in [1.165, 1.54) is 6.07 Å². The van der Waals surface area contributed by atoms with Crippen molar-refractivity contribution in [2.75, 3.05) is 6.61 Å². The maximum absolute atomic E-state index is 13.7. The summed E-state index contributed by atoms with van der Waals surface area (Å²) in [4.78, 5) is 0. The second-order valence-corrected chi connectivity index (χ2v) is 3.99. The van der Waals surface area contributed by atoms with E-state index in [1.54, 1.807) is 22.9 Å². The fourth-order valence-electron chi connectivity index (χ4n) is 2.01. The molecule has 1 aromatic heterocycles. The number of aliphatic hydroxyl groups is 1. The van der Waals surface area contributed by atoms with Gasteiger partial charge in [0.15, 0.2) is 0 Å². The maximum Gasteiger partial charge on any atom is 0.148 e. The molecule has 0 saturated carbocycles. The number of aryl methyl sites for hydroxylation is 1. The Morgan fingerprint density at radius 1 is 1.29 bits per heavy atom. The van der Waals surface area contributed by atoms with Crippen LogP contribution >= 0.6 is 0 Å². The quantitative estimate of drug-likeness (QED) is 0.883. The van der Waals surface area contributed by atoms with Crippen LogP contribution in [0.3, 0.4) is 0 Å². The molecule has 0 unspecified atom stereocenters. The smallest absolute Gasteiger partial charge is 0.148 e. The van der Waals surface area contributed by atoms with Gasteiger partial charge in [0.2, 0.25) is 0 Å². The van der Waals surface area contributed by atoms with Crippen LogP contribution in [0.5, 0.6) is 0 Å². The van der Waals surface area contributed by atoms with Gasteiger partial charge in [0.05, 0.1) is 5.69 Å². The van der Waals surface area contributed by atoms with Crippen molar-refractivity contribution in [1.82, 2.24) is 9.78 Å². The number of benzene rings is 1. The van der Waals surface area contributed by atoms with Crippen molar-refractivity contribution in [2.45, 2.75) is 20.3 Å². The van der Waals surface area contributed by atoms with Gasteiger partial charge in [0.1, 0.15) is 11.5 Å². The third-order valence-electron chi connectivity index (χ3n) is 2.88. The molecule has 0 radical (unpaired) electrons. The lowest BCUT2D eigenvalue weighted by molar-refractivity contribution is 0.299. The molecule has 90 valence electrons. The highest BCUT2D eigenvalue weighted by Gasteiger charge is 2.14. The Kier molecular flexibility index (Phi) is 3.24. The van der Waals surface area contributed by atoms with Crippen LogP contribution in [0.25, 0.3) is 5.69 Å². The molecule has 0 atom stereocenters. The molecule has 0 spiro atoms. The van der Waals surface area contributed by atoms with Crippen LogP contribution in [-0.4, -0.2) is 21.5 Å². The van der Waals surface area contributed by atoms with Crippen molar-refractivity contribution in [1.29, 1.82) is 0 Å². The molecule has 0 aliphatic carbocycles. The molecule has 0 aliphatic heterocycles. The number of nitrogens with zero attached hydrogens (tertiary/aromatic N) is 2. The monoisotopic (exact) mass is 234 g/mol. The van der Waals surface area contributed by atoms with Crippen LogP contribution in [0.15, 0.2) is 24.3 Å². The van der Waals surface area contributed by atoms with Gasteiger partial charge in [-0.05, 0) is 38.0 Å². The summed E-state index contributed by atoms with van der Waals surface area (Å²) < 4.78 is 15.3. The van der Waals surface area contributed by atoms with Gasteiger partial charge in [-0.25, -0.2) is 9.07 Å². The lowest BCUT2D eigenvalue weighted by Gasteiger charge is -2.06. The van der Waals surface area contributed by atoms with E-state index < -0.39 is 0 Å². The van der Waals surface area contributed by atoms with Gasteiger partial charge in [-0.3, -0.25) is 0 Å². The summed E-state index contributed by atoms with van der Waals surface area (Å²) in [6.07, 6.45) is 0.548. The van der Waals surface area contributed by atoms with Gasteiger partial charge >= 0.3 is 0 Å². The maximum atomic E-state index is 13.7. The minimum absolute atomic E-state index is 0.0741. The zero-order chi connectivity index (χ0) is 12.4. The largest absolute Gasteiger partial charge is 0.396 e. The Labute approximate surface area is 99.5 Å². The molecule has 2 rings (SSSR count). The molecular formula is C13H15FN2O. The molecule has 0 amide bonds. The molecule has 1 heterocycles. The molecular weight excluding hydrogens is 219 g/mol. The summed E-state index contributed by atoms with van der Waals surface area (Å²) in [7, 11) is 0. The Hall–Kier alpha value is -1.68. The van der Waals surface area contributed by atoms with E-state index in [9.17, 15) is 4.39 Å². The van der Waals surface area contributed by atoms with Crippen LogP contribution in [0, 0.1) is 19.7 Å². The minimum Gasteiger partial charge on any atom is -0.396 e. The molecule has 17 heavy (non-hydrogen) atoms. The molecule has 0 bridgehead atoms. The van der Waals surface area contributed by atoms with Crippen molar-refractivity contribution in [3.05, 3.63) is 47.0 Å². The van der Waals surface area contributed by atoms with Crippen molar-refractivity contribution in [2.24, 2.45) is 0 Å². The van der Waals surface area contributed by atoms with Gasteiger partial charge in [-0.2, -0.15) is 5.10 Å². The molecule has 2 aromatic rings. The topological polar surface area (TPSA) is 38.0 Å². The first-order valence-corrected chi connectivity index (χ1v) is 5.56. The van der Waals surface area contributed by atoms with Gasteiger partial charge in [0.25, 0.3) is 0 Å². The molecule has 0 fully saturated rings. The Morgan fingerprint density at radius 3 is 2.65 bits per heavy atom. The summed E-state index contributed by atoms with van der Waals surface area (Å²) in [5.41, 5.74) is 3.13. The first-order valence-electron chi connectivity index (χ1n) is 5.56. The van der Waals surface area contributed by atoms with E-state index in [0.717, 1.165) is 17.0 Å². The Balaban J connectivity index is 2.54. The Bertz CT molecular complexity index is 534. The van der Waals surface area contributed by atoms with Gasteiger partial charge in [-0.1, -0.05) is 12.1 Å². The predicted molar refractivity (Wildman–Crippen MR) is 63.8 cm³/mol. The van der Waals surface area contributed by atoms with Crippen molar-refractivity contribution in [3.63, 3.8) is 0 Å². The van der Waals surface area contributed by atoms with Crippen molar-refractivity contribution < 1.29 is 9.50 Å². The predicted octanol–water partition coefficient (Wildman–Crippen LogP) is 2.16. The van der Waals surface area contributed by atoms with Crippen LogP contribution in [-0.2, 0) is 6.42 Å². The van der Waals surface area contributed by atoms with E-state index in [0.29, 0.717) is 12.1 Å². The summed E-state index contributed by atoms with van der Waals surface area (Å²) >= 11 is 0. The first kappa shape index (κ1) is 11.8. The summed E-state index contributed by atoms with van der Waals surface area (Å²) in [6, 6.07) is 6.54. The van der Waals surface area contributed by atoms with Gasteiger partial charge in [0, 0.05) is 12.3 Å². The van der Waals surface area contributed by atoms with Crippen LogP contribution in [0.2, 0.25) is 0 Å². The summed E-state index contributed by atoms with van der Waals surface area (Å²) in [6.45, 7) is 3.83. The zero-order valence-corrected chi connectivity index (χ0v) is 9.94.